The molecule has 3 atom stereocenters. The second kappa shape index (κ2) is 6.61. The Morgan fingerprint density at radius 3 is 2.21 bits per heavy atom. The fourth-order valence-electron chi connectivity index (χ4n) is 4.33. The first-order valence-corrected chi connectivity index (χ1v) is 10.3. The van der Waals surface area contributed by atoms with Gasteiger partial charge in [0.1, 0.15) is 5.41 Å². The summed E-state index contributed by atoms with van der Waals surface area (Å²) < 4.78 is 5.75. The quantitative estimate of drug-likeness (QED) is 0.825. The van der Waals surface area contributed by atoms with E-state index < -0.39 is 5.41 Å². The lowest BCUT2D eigenvalue weighted by Crippen LogP contribution is -2.55. The van der Waals surface area contributed by atoms with Gasteiger partial charge in [-0.05, 0) is 55.1 Å². The molecule has 2 bridgehead atoms. The Hall–Kier alpha value is -1.19. The summed E-state index contributed by atoms with van der Waals surface area (Å²) in [6.07, 6.45) is 3.19. The monoisotopic (exact) mass is 358 g/mol. The van der Waals surface area contributed by atoms with Gasteiger partial charge >= 0.3 is 0 Å². The van der Waals surface area contributed by atoms with Gasteiger partial charge in [-0.3, -0.25) is 4.90 Å². The summed E-state index contributed by atoms with van der Waals surface area (Å²) in [5.41, 5.74) is -0.488. The van der Waals surface area contributed by atoms with E-state index in [0.29, 0.717) is 18.0 Å². The zero-order chi connectivity index (χ0) is 16.6. The molecule has 2 saturated heterocycles. The molecule has 4 rings (SSSR count). The molecule has 126 valence electrons. The van der Waals surface area contributed by atoms with Crippen molar-refractivity contribution in [2.45, 2.75) is 36.8 Å². The van der Waals surface area contributed by atoms with Crippen molar-refractivity contribution in [3.05, 3.63) is 44.8 Å². The Labute approximate surface area is 151 Å². The number of likely N-dealkylation sites (N-methyl/N-ethyl adjacent to an activating group) is 1. The maximum absolute atomic E-state index is 10.2. The third-order valence-corrected chi connectivity index (χ3v) is 7.72. The van der Waals surface area contributed by atoms with Crippen LogP contribution >= 0.6 is 22.7 Å². The Balaban J connectivity index is 1.65. The SMILES string of the molecule is CN1[C@@H]2COC[C@H]1C[C@@H](CC(C#N)(c1cccs1)c1cccs1)C2. The maximum atomic E-state index is 10.2. The van der Waals surface area contributed by atoms with Gasteiger partial charge in [0.05, 0.1) is 19.3 Å². The van der Waals surface area contributed by atoms with E-state index >= 15 is 0 Å². The highest BCUT2D eigenvalue weighted by molar-refractivity contribution is 7.11. The smallest absolute Gasteiger partial charge is 0.126 e. The van der Waals surface area contributed by atoms with Crippen LogP contribution in [-0.2, 0) is 10.2 Å². The van der Waals surface area contributed by atoms with E-state index in [0.717, 1.165) is 32.5 Å². The molecule has 2 fully saturated rings. The van der Waals surface area contributed by atoms with Crippen molar-refractivity contribution in [1.29, 1.82) is 5.26 Å². The molecular weight excluding hydrogens is 336 g/mol. The van der Waals surface area contributed by atoms with E-state index in [1.165, 1.54) is 9.75 Å². The van der Waals surface area contributed by atoms with E-state index in [1.54, 1.807) is 22.7 Å². The molecule has 0 unspecified atom stereocenters. The van der Waals surface area contributed by atoms with Crippen LogP contribution in [0.5, 0.6) is 0 Å². The van der Waals surface area contributed by atoms with Gasteiger partial charge in [-0.25, -0.2) is 0 Å². The Morgan fingerprint density at radius 1 is 1.17 bits per heavy atom. The van der Waals surface area contributed by atoms with Crippen LogP contribution in [0.3, 0.4) is 0 Å². The minimum Gasteiger partial charge on any atom is -0.378 e. The van der Waals surface area contributed by atoms with Crippen molar-refractivity contribution < 1.29 is 4.74 Å². The maximum Gasteiger partial charge on any atom is 0.126 e. The molecule has 0 amide bonds. The second-order valence-electron chi connectivity index (χ2n) is 7.02. The Kier molecular flexibility index (Phi) is 4.48. The molecule has 2 aliphatic heterocycles. The number of rotatable bonds is 4. The van der Waals surface area contributed by atoms with Gasteiger partial charge in [0, 0.05) is 21.8 Å². The molecule has 0 N–H and O–H groups in total. The minimum absolute atomic E-state index is 0.488. The Bertz CT molecular complexity index is 656. The average molecular weight is 359 g/mol. The molecule has 24 heavy (non-hydrogen) atoms. The molecule has 0 saturated carbocycles. The third-order valence-electron chi connectivity index (χ3n) is 5.65. The highest BCUT2D eigenvalue weighted by Crippen LogP contribution is 2.45. The van der Waals surface area contributed by atoms with E-state index in [4.69, 9.17) is 4.74 Å². The highest BCUT2D eigenvalue weighted by atomic mass is 32.1. The number of thiophene rings is 2. The molecule has 5 heteroatoms. The minimum atomic E-state index is -0.488. The van der Waals surface area contributed by atoms with Crippen molar-refractivity contribution in [2.75, 3.05) is 20.3 Å². The predicted molar refractivity (Wildman–Crippen MR) is 98.5 cm³/mol. The molecule has 3 nitrogen and oxygen atoms in total. The fraction of sp³-hybridized carbons (Fsp3) is 0.526. The predicted octanol–water partition coefficient (Wildman–Crippen LogP) is 4.12. The largest absolute Gasteiger partial charge is 0.378 e. The van der Waals surface area contributed by atoms with Crippen LogP contribution in [0.15, 0.2) is 35.0 Å². The number of ether oxygens (including phenoxy) is 1. The number of hydrogen-bond donors (Lipinski definition) is 0. The normalized spacial score (nSPS) is 27.8. The molecule has 0 spiro atoms. The topological polar surface area (TPSA) is 36.3 Å². The van der Waals surface area contributed by atoms with Gasteiger partial charge in [-0.2, -0.15) is 5.26 Å². The molecule has 2 aromatic rings. The number of fused-ring (bicyclic) bond motifs is 2. The van der Waals surface area contributed by atoms with Crippen LogP contribution in [0.25, 0.3) is 0 Å². The molecule has 0 aromatic carbocycles. The van der Waals surface area contributed by atoms with Crippen molar-refractivity contribution in [3.8, 4) is 6.07 Å². The lowest BCUT2D eigenvalue weighted by molar-refractivity contribution is -0.0766. The van der Waals surface area contributed by atoms with Crippen LogP contribution < -0.4 is 0 Å². The average Bonchev–Trinajstić information content (AvgIpc) is 3.27. The zero-order valence-electron chi connectivity index (χ0n) is 13.9. The van der Waals surface area contributed by atoms with Crippen LogP contribution in [-0.4, -0.2) is 37.2 Å². The van der Waals surface area contributed by atoms with E-state index in [-0.39, 0.29) is 0 Å². The van der Waals surface area contributed by atoms with Crippen molar-refractivity contribution in [2.24, 2.45) is 5.92 Å². The first-order chi connectivity index (χ1) is 11.7. The highest BCUT2D eigenvalue weighted by Gasteiger charge is 2.43. The molecular formula is C19H22N2OS2. The molecule has 0 radical (unpaired) electrons. The van der Waals surface area contributed by atoms with Crippen LogP contribution in [0.4, 0.5) is 0 Å². The number of nitrogens with zero attached hydrogens (tertiary/aromatic N) is 2. The van der Waals surface area contributed by atoms with Gasteiger partial charge in [0.15, 0.2) is 0 Å². The molecule has 0 aliphatic carbocycles. The lowest BCUT2D eigenvalue weighted by Gasteiger charge is -2.47. The summed E-state index contributed by atoms with van der Waals surface area (Å²) >= 11 is 3.42. The van der Waals surface area contributed by atoms with Crippen molar-refractivity contribution >= 4 is 22.7 Å². The van der Waals surface area contributed by atoms with Crippen LogP contribution in [0.2, 0.25) is 0 Å². The summed E-state index contributed by atoms with van der Waals surface area (Å²) in [7, 11) is 2.23. The molecule has 2 aromatic heterocycles. The van der Waals surface area contributed by atoms with Gasteiger partial charge in [-0.1, -0.05) is 12.1 Å². The van der Waals surface area contributed by atoms with Gasteiger partial charge in [-0.15, -0.1) is 22.7 Å². The van der Waals surface area contributed by atoms with Gasteiger partial charge in [0.2, 0.25) is 0 Å². The number of nitriles is 1. The summed E-state index contributed by atoms with van der Waals surface area (Å²) in [6.45, 7) is 1.67. The third kappa shape index (κ3) is 2.72. The number of piperidine rings is 1. The van der Waals surface area contributed by atoms with Crippen molar-refractivity contribution in [1.82, 2.24) is 4.90 Å². The first-order valence-electron chi connectivity index (χ1n) is 8.52. The number of hydrogen-bond acceptors (Lipinski definition) is 5. The summed E-state index contributed by atoms with van der Waals surface area (Å²) in [6, 6.07) is 12.1. The van der Waals surface area contributed by atoms with E-state index in [2.05, 4.69) is 53.0 Å². The second-order valence-corrected chi connectivity index (χ2v) is 8.92. The fourth-order valence-corrected chi connectivity index (χ4v) is 6.20. The summed E-state index contributed by atoms with van der Waals surface area (Å²) in [5, 5.41) is 14.4. The van der Waals surface area contributed by atoms with E-state index in [9.17, 15) is 5.26 Å². The van der Waals surface area contributed by atoms with E-state index in [1.807, 2.05) is 0 Å². The summed E-state index contributed by atoms with van der Waals surface area (Å²) in [4.78, 5) is 4.87. The number of morpholine rings is 1. The zero-order valence-corrected chi connectivity index (χ0v) is 15.5. The summed E-state index contributed by atoms with van der Waals surface area (Å²) in [5.74, 6) is 0.573. The molecule has 4 heterocycles. The molecule has 2 aliphatic rings. The van der Waals surface area contributed by atoms with Crippen molar-refractivity contribution in [3.63, 3.8) is 0 Å². The van der Waals surface area contributed by atoms with Gasteiger partial charge < -0.3 is 4.74 Å². The Morgan fingerprint density at radius 2 is 1.75 bits per heavy atom. The lowest BCUT2D eigenvalue weighted by atomic mass is 9.72. The van der Waals surface area contributed by atoms with Crippen LogP contribution in [0.1, 0.15) is 29.0 Å². The van der Waals surface area contributed by atoms with Gasteiger partial charge in [0.25, 0.3) is 0 Å². The first kappa shape index (κ1) is 16.3. The standard InChI is InChI=1S/C19H22N2OS2/c1-21-15-8-14(9-16(21)12-22-11-15)10-19(13-20,17-4-2-6-23-17)18-5-3-7-24-18/h2-7,14-16H,8-12H2,1H3/t14-,15-,16+. The van der Waals surface area contributed by atoms with Crippen LogP contribution in [0, 0.1) is 17.2 Å².